The molecule has 3 aromatic rings. The fraction of sp³-hybridized carbons (Fsp3) is 0.263. The van der Waals surface area contributed by atoms with Gasteiger partial charge in [0, 0.05) is 4.47 Å². The van der Waals surface area contributed by atoms with Gasteiger partial charge in [0.1, 0.15) is 5.82 Å². The van der Waals surface area contributed by atoms with E-state index in [0.717, 1.165) is 5.69 Å². The summed E-state index contributed by atoms with van der Waals surface area (Å²) in [5.74, 6) is -0.412. The first-order valence-corrected chi connectivity index (χ1v) is 10.3. The van der Waals surface area contributed by atoms with Crippen LogP contribution in [-0.2, 0) is 4.79 Å². The van der Waals surface area contributed by atoms with E-state index in [9.17, 15) is 9.18 Å². The quantitative estimate of drug-likeness (QED) is 0.531. The molecule has 1 N–H and O–H groups in total. The third kappa shape index (κ3) is 4.77. The Bertz CT molecular complexity index is 977. The number of rotatable bonds is 6. The number of halogens is 2. The minimum atomic E-state index is -0.525. The van der Waals surface area contributed by atoms with Crippen LogP contribution < -0.4 is 5.32 Å². The van der Waals surface area contributed by atoms with Gasteiger partial charge >= 0.3 is 0 Å². The number of anilines is 1. The first kappa shape index (κ1) is 20.5. The molecule has 0 fully saturated rings. The van der Waals surface area contributed by atoms with Gasteiger partial charge in [0.25, 0.3) is 0 Å². The Hall–Kier alpha value is -2.26. The summed E-state index contributed by atoms with van der Waals surface area (Å²) < 4.78 is 16.1. The van der Waals surface area contributed by atoms with Gasteiger partial charge in [-0.2, -0.15) is 4.68 Å². The van der Waals surface area contributed by atoms with Gasteiger partial charge in [0.05, 0.1) is 16.6 Å². The van der Waals surface area contributed by atoms with Crippen molar-refractivity contribution in [2.45, 2.75) is 37.1 Å². The number of carbonyl (C=O) groups excluding carboxylic acids is 1. The Morgan fingerprint density at radius 3 is 2.54 bits per heavy atom. The molecular weight excluding hydrogens is 445 g/mol. The topological polar surface area (TPSA) is 72.7 Å². The molecule has 0 bridgehead atoms. The number of hydrogen-bond acceptors (Lipinski definition) is 5. The van der Waals surface area contributed by atoms with Gasteiger partial charge in [-0.15, -0.1) is 5.10 Å². The first-order chi connectivity index (χ1) is 13.3. The maximum atomic E-state index is 13.9. The molecule has 0 saturated carbocycles. The highest BCUT2D eigenvalue weighted by molar-refractivity contribution is 9.10. The molecule has 0 radical (unpaired) electrons. The molecule has 1 heterocycles. The highest BCUT2D eigenvalue weighted by atomic mass is 79.9. The standard InChI is InChI=1S/C19H19BrFN5OS/c1-11(2)13-4-7-15(8-5-13)26-19(23-24-25-26)28-12(3)18(27)22-17-9-6-14(20)10-16(17)21/h4-12H,1-3H3,(H,22,27). The van der Waals surface area contributed by atoms with Crippen molar-refractivity contribution in [3.63, 3.8) is 0 Å². The zero-order valence-electron chi connectivity index (χ0n) is 15.6. The molecule has 1 amide bonds. The van der Waals surface area contributed by atoms with E-state index in [1.807, 2.05) is 24.3 Å². The van der Waals surface area contributed by atoms with E-state index in [1.54, 1.807) is 17.7 Å². The van der Waals surface area contributed by atoms with Crippen molar-refractivity contribution in [3.05, 3.63) is 58.3 Å². The van der Waals surface area contributed by atoms with Gasteiger partial charge in [-0.05, 0) is 59.2 Å². The van der Waals surface area contributed by atoms with Crippen molar-refractivity contribution in [2.24, 2.45) is 0 Å². The van der Waals surface area contributed by atoms with E-state index in [0.29, 0.717) is 15.5 Å². The van der Waals surface area contributed by atoms with E-state index in [-0.39, 0.29) is 11.6 Å². The van der Waals surface area contributed by atoms with Gasteiger partial charge in [0.15, 0.2) is 0 Å². The van der Waals surface area contributed by atoms with Crippen molar-refractivity contribution < 1.29 is 9.18 Å². The lowest BCUT2D eigenvalue weighted by Gasteiger charge is -2.13. The second kappa shape index (κ2) is 8.83. The normalized spacial score (nSPS) is 12.2. The lowest BCUT2D eigenvalue weighted by Crippen LogP contribution is -2.23. The summed E-state index contributed by atoms with van der Waals surface area (Å²) in [6, 6.07) is 12.4. The third-order valence-electron chi connectivity index (χ3n) is 4.09. The van der Waals surface area contributed by atoms with Crippen LogP contribution in [0.15, 0.2) is 52.1 Å². The van der Waals surface area contributed by atoms with Gasteiger partial charge in [-0.3, -0.25) is 4.79 Å². The van der Waals surface area contributed by atoms with Crippen LogP contribution in [0, 0.1) is 5.82 Å². The maximum Gasteiger partial charge on any atom is 0.237 e. The summed E-state index contributed by atoms with van der Waals surface area (Å²) >= 11 is 4.39. The van der Waals surface area contributed by atoms with E-state index in [2.05, 4.69) is 50.6 Å². The Kier molecular flexibility index (Phi) is 6.46. The van der Waals surface area contributed by atoms with Crippen LogP contribution in [-0.4, -0.2) is 31.4 Å². The van der Waals surface area contributed by atoms with Crippen LogP contribution in [0.5, 0.6) is 0 Å². The van der Waals surface area contributed by atoms with Crippen LogP contribution in [0.3, 0.4) is 0 Å². The number of thioether (sulfide) groups is 1. The number of tetrazole rings is 1. The number of hydrogen-bond donors (Lipinski definition) is 1. The van der Waals surface area contributed by atoms with E-state index >= 15 is 0 Å². The molecule has 0 aliphatic carbocycles. The molecule has 146 valence electrons. The van der Waals surface area contributed by atoms with Crippen LogP contribution in [0.1, 0.15) is 32.3 Å². The predicted octanol–water partition coefficient (Wildman–Crippen LogP) is 4.81. The second-order valence-electron chi connectivity index (χ2n) is 6.49. The fourth-order valence-corrected chi connectivity index (χ4v) is 3.59. The molecule has 0 saturated heterocycles. The molecule has 3 rings (SSSR count). The second-order valence-corrected chi connectivity index (χ2v) is 8.72. The van der Waals surface area contributed by atoms with E-state index in [1.165, 1.54) is 29.5 Å². The Balaban J connectivity index is 1.71. The summed E-state index contributed by atoms with van der Waals surface area (Å²) in [7, 11) is 0. The highest BCUT2D eigenvalue weighted by Gasteiger charge is 2.20. The molecule has 2 aromatic carbocycles. The third-order valence-corrected chi connectivity index (χ3v) is 5.61. The van der Waals surface area contributed by atoms with Crippen molar-refractivity contribution in [2.75, 3.05) is 5.32 Å². The summed E-state index contributed by atoms with van der Waals surface area (Å²) in [6.45, 7) is 5.97. The molecule has 1 atom stereocenters. The van der Waals surface area contributed by atoms with Crippen molar-refractivity contribution in [1.29, 1.82) is 0 Å². The summed E-state index contributed by atoms with van der Waals surface area (Å²) in [4.78, 5) is 12.5. The summed E-state index contributed by atoms with van der Waals surface area (Å²) in [5, 5.41) is 14.3. The monoisotopic (exact) mass is 463 g/mol. The Morgan fingerprint density at radius 1 is 1.18 bits per heavy atom. The number of nitrogens with one attached hydrogen (secondary N) is 1. The zero-order valence-corrected chi connectivity index (χ0v) is 18.0. The maximum absolute atomic E-state index is 13.9. The molecule has 1 unspecified atom stereocenters. The van der Waals surface area contributed by atoms with Crippen molar-refractivity contribution in [1.82, 2.24) is 20.2 Å². The average Bonchev–Trinajstić information content (AvgIpc) is 3.12. The van der Waals surface area contributed by atoms with Gasteiger partial charge in [-0.25, -0.2) is 4.39 Å². The average molecular weight is 464 g/mol. The minimum Gasteiger partial charge on any atom is -0.323 e. The number of amides is 1. The highest BCUT2D eigenvalue weighted by Crippen LogP contribution is 2.26. The first-order valence-electron chi connectivity index (χ1n) is 8.66. The van der Waals surface area contributed by atoms with Gasteiger partial charge < -0.3 is 5.32 Å². The zero-order chi connectivity index (χ0) is 20.3. The smallest absolute Gasteiger partial charge is 0.237 e. The molecule has 0 spiro atoms. The van der Waals surface area contributed by atoms with Crippen molar-refractivity contribution in [3.8, 4) is 5.69 Å². The van der Waals surface area contributed by atoms with Gasteiger partial charge in [-0.1, -0.05) is 53.7 Å². The van der Waals surface area contributed by atoms with Crippen molar-refractivity contribution >= 4 is 39.3 Å². The number of aromatic nitrogens is 4. The largest absolute Gasteiger partial charge is 0.323 e. The van der Waals surface area contributed by atoms with Gasteiger partial charge in [0.2, 0.25) is 11.1 Å². The number of nitrogens with zero attached hydrogens (tertiary/aromatic N) is 4. The van der Waals surface area contributed by atoms with Crippen LogP contribution in [0.25, 0.3) is 5.69 Å². The summed E-state index contributed by atoms with van der Waals surface area (Å²) in [5.41, 5.74) is 2.16. The molecule has 0 aliphatic rings. The van der Waals surface area contributed by atoms with E-state index in [4.69, 9.17) is 0 Å². The minimum absolute atomic E-state index is 0.129. The predicted molar refractivity (Wildman–Crippen MR) is 111 cm³/mol. The number of carbonyl (C=O) groups is 1. The SMILES string of the molecule is CC(Sc1nnnn1-c1ccc(C(C)C)cc1)C(=O)Nc1ccc(Br)cc1F. The van der Waals surface area contributed by atoms with Crippen LogP contribution in [0.4, 0.5) is 10.1 Å². The molecule has 1 aromatic heterocycles. The molecule has 0 aliphatic heterocycles. The lowest BCUT2D eigenvalue weighted by molar-refractivity contribution is -0.115. The Morgan fingerprint density at radius 2 is 1.89 bits per heavy atom. The molecule has 6 nitrogen and oxygen atoms in total. The van der Waals surface area contributed by atoms with E-state index < -0.39 is 11.1 Å². The lowest BCUT2D eigenvalue weighted by atomic mass is 10.0. The summed E-state index contributed by atoms with van der Waals surface area (Å²) in [6.07, 6.45) is 0. The molecule has 9 heteroatoms. The fourth-order valence-electron chi connectivity index (χ4n) is 2.45. The number of benzene rings is 2. The molecule has 28 heavy (non-hydrogen) atoms. The Labute approximate surface area is 175 Å². The van der Waals surface area contributed by atoms with Crippen LogP contribution >= 0.6 is 27.7 Å². The molecular formula is C19H19BrFN5OS. The van der Waals surface area contributed by atoms with Crippen LogP contribution in [0.2, 0.25) is 0 Å².